The average Bonchev–Trinajstić information content (AvgIpc) is 2.90. The Bertz CT molecular complexity index is 480. The van der Waals surface area contributed by atoms with Crippen LogP contribution in [0.25, 0.3) is 0 Å². The fourth-order valence-corrected chi connectivity index (χ4v) is 3.01. The monoisotopic (exact) mass is 264 g/mol. The summed E-state index contributed by atoms with van der Waals surface area (Å²) in [5.74, 6) is 0.0387. The standard InChI is InChI=1S/C14H24N4O/c1-5-11-8-7-9(3)18(11)14(19)13-12(15)10(4)16-17(13)6-2/h9,11H,5-8,15H2,1-4H3. The van der Waals surface area contributed by atoms with E-state index in [-0.39, 0.29) is 11.9 Å². The average molecular weight is 264 g/mol. The summed E-state index contributed by atoms with van der Waals surface area (Å²) in [6.45, 7) is 8.74. The number of nitrogens with two attached hydrogens (primary N) is 1. The van der Waals surface area contributed by atoms with Crippen molar-refractivity contribution in [1.82, 2.24) is 14.7 Å². The number of nitrogen functional groups attached to an aromatic ring is 1. The molecular weight excluding hydrogens is 240 g/mol. The van der Waals surface area contributed by atoms with E-state index in [1.165, 1.54) is 0 Å². The van der Waals surface area contributed by atoms with Gasteiger partial charge in [0.05, 0.1) is 11.4 Å². The number of carbonyl (C=O) groups excluding carboxylic acids is 1. The van der Waals surface area contributed by atoms with Crippen molar-refractivity contribution in [1.29, 1.82) is 0 Å². The van der Waals surface area contributed by atoms with E-state index in [2.05, 4.69) is 18.9 Å². The van der Waals surface area contributed by atoms with Crippen molar-refractivity contribution < 1.29 is 4.79 Å². The minimum absolute atomic E-state index is 0.0387. The van der Waals surface area contributed by atoms with Gasteiger partial charge in [0.25, 0.3) is 5.91 Å². The molecule has 2 rings (SSSR count). The third kappa shape index (κ3) is 2.22. The van der Waals surface area contributed by atoms with Crippen molar-refractivity contribution in [2.45, 2.75) is 65.6 Å². The van der Waals surface area contributed by atoms with E-state index in [4.69, 9.17) is 5.73 Å². The van der Waals surface area contributed by atoms with Gasteiger partial charge in [0.1, 0.15) is 5.69 Å². The number of likely N-dealkylation sites (tertiary alicyclic amines) is 1. The molecule has 19 heavy (non-hydrogen) atoms. The lowest BCUT2D eigenvalue weighted by molar-refractivity contribution is 0.0664. The maximum atomic E-state index is 12.8. The van der Waals surface area contributed by atoms with Gasteiger partial charge < -0.3 is 10.6 Å². The highest BCUT2D eigenvalue weighted by atomic mass is 16.2. The van der Waals surface area contributed by atoms with Crippen LogP contribution in [0, 0.1) is 6.92 Å². The molecule has 1 aliphatic heterocycles. The molecule has 1 aromatic heterocycles. The van der Waals surface area contributed by atoms with Gasteiger partial charge in [-0.1, -0.05) is 6.92 Å². The molecule has 0 aliphatic carbocycles. The van der Waals surface area contributed by atoms with Crippen LogP contribution in [0.4, 0.5) is 5.69 Å². The molecule has 1 saturated heterocycles. The van der Waals surface area contributed by atoms with Gasteiger partial charge in [0.2, 0.25) is 0 Å². The summed E-state index contributed by atoms with van der Waals surface area (Å²) in [7, 11) is 0. The Morgan fingerprint density at radius 2 is 2.11 bits per heavy atom. The molecule has 1 aromatic rings. The first kappa shape index (κ1) is 13.9. The highest BCUT2D eigenvalue weighted by molar-refractivity contribution is 5.98. The third-order valence-electron chi connectivity index (χ3n) is 4.17. The van der Waals surface area contributed by atoms with Crippen LogP contribution >= 0.6 is 0 Å². The molecule has 0 radical (unpaired) electrons. The lowest BCUT2D eigenvalue weighted by atomic mass is 10.1. The van der Waals surface area contributed by atoms with Crippen molar-refractivity contribution in [2.75, 3.05) is 5.73 Å². The number of rotatable bonds is 3. The Kier molecular flexibility index (Phi) is 3.83. The van der Waals surface area contributed by atoms with Crippen molar-refractivity contribution >= 4 is 11.6 Å². The zero-order valence-corrected chi connectivity index (χ0v) is 12.3. The van der Waals surface area contributed by atoms with E-state index in [0.29, 0.717) is 24.0 Å². The van der Waals surface area contributed by atoms with Gasteiger partial charge in [0, 0.05) is 18.6 Å². The largest absolute Gasteiger partial charge is 0.395 e. The zero-order valence-electron chi connectivity index (χ0n) is 12.3. The minimum Gasteiger partial charge on any atom is -0.395 e. The topological polar surface area (TPSA) is 64.2 Å². The van der Waals surface area contributed by atoms with E-state index in [0.717, 1.165) is 25.0 Å². The van der Waals surface area contributed by atoms with Gasteiger partial charge in [-0.25, -0.2) is 0 Å². The Labute approximate surface area is 114 Å². The smallest absolute Gasteiger partial charge is 0.274 e. The number of nitrogens with zero attached hydrogens (tertiary/aromatic N) is 3. The van der Waals surface area contributed by atoms with Crippen LogP contribution in [0.1, 0.15) is 56.2 Å². The predicted octanol–water partition coefficient (Wildman–Crippen LogP) is 2.20. The van der Waals surface area contributed by atoms with E-state index in [9.17, 15) is 4.79 Å². The summed E-state index contributed by atoms with van der Waals surface area (Å²) in [6.07, 6.45) is 3.15. The lowest BCUT2D eigenvalue weighted by Crippen LogP contribution is -2.41. The first-order valence-electron chi connectivity index (χ1n) is 7.16. The number of aryl methyl sites for hydroxylation is 2. The molecule has 2 unspecified atom stereocenters. The summed E-state index contributed by atoms with van der Waals surface area (Å²) in [4.78, 5) is 14.8. The third-order valence-corrected chi connectivity index (χ3v) is 4.17. The van der Waals surface area contributed by atoms with E-state index >= 15 is 0 Å². The quantitative estimate of drug-likeness (QED) is 0.910. The van der Waals surface area contributed by atoms with Crippen LogP contribution in [0.2, 0.25) is 0 Å². The molecule has 2 heterocycles. The molecule has 5 nitrogen and oxygen atoms in total. The van der Waals surface area contributed by atoms with Crippen LogP contribution < -0.4 is 5.73 Å². The Balaban J connectivity index is 2.38. The van der Waals surface area contributed by atoms with Crippen molar-refractivity contribution in [2.24, 2.45) is 0 Å². The van der Waals surface area contributed by atoms with Crippen LogP contribution in [0.3, 0.4) is 0 Å². The summed E-state index contributed by atoms with van der Waals surface area (Å²) in [5.41, 5.74) is 7.88. The molecule has 1 aliphatic rings. The Morgan fingerprint density at radius 3 is 2.68 bits per heavy atom. The van der Waals surface area contributed by atoms with Gasteiger partial charge in [-0.3, -0.25) is 9.48 Å². The molecule has 2 atom stereocenters. The van der Waals surface area contributed by atoms with Crippen molar-refractivity contribution in [3.05, 3.63) is 11.4 Å². The summed E-state index contributed by atoms with van der Waals surface area (Å²) in [6, 6.07) is 0.625. The number of amides is 1. The number of aromatic nitrogens is 2. The lowest BCUT2D eigenvalue weighted by Gasteiger charge is -2.28. The number of hydrogen-bond acceptors (Lipinski definition) is 3. The van der Waals surface area contributed by atoms with Gasteiger partial charge in [0.15, 0.2) is 0 Å². The van der Waals surface area contributed by atoms with Crippen LogP contribution in [0.15, 0.2) is 0 Å². The highest BCUT2D eigenvalue weighted by Crippen LogP contribution is 2.29. The normalized spacial score (nSPS) is 23.1. The Hall–Kier alpha value is -1.52. The molecular formula is C14H24N4O. The number of carbonyl (C=O) groups is 1. The second kappa shape index (κ2) is 5.23. The van der Waals surface area contributed by atoms with Gasteiger partial charge in [-0.2, -0.15) is 5.10 Å². The maximum absolute atomic E-state index is 12.8. The second-order valence-electron chi connectivity index (χ2n) is 5.36. The fraction of sp³-hybridized carbons (Fsp3) is 0.714. The SMILES string of the molecule is CCC1CCC(C)N1C(=O)c1c(N)c(C)nn1CC. The molecule has 106 valence electrons. The Morgan fingerprint density at radius 1 is 1.42 bits per heavy atom. The van der Waals surface area contributed by atoms with Crippen LogP contribution in [-0.2, 0) is 6.54 Å². The number of hydrogen-bond donors (Lipinski definition) is 1. The van der Waals surface area contributed by atoms with E-state index < -0.39 is 0 Å². The summed E-state index contributed by atoms with van der Waals surface area (Å²) in [5, 5.41) is 4.34. The van der Waals surface area contributed by atoms with Gasteiger partial charge in [-0.05, 0) is 40.0 Å². The van der Waals surface area contributed by atoms with Gasteiger partial charge >= 0.3 is 0 Å². The van der Waals surface area contributed by atoms with Crippen LogP contribution in [-0.4, -0.2) is 32.7 Å². The fourth-order valence-electron chi connectivity index (χ4n) is 3.01. The molecule has 0 spiro atoms. The van der Waals surface area contributed by atoms with Crippen LogP contribution in [0.5, 0.6) is 0 Å². The molecule has 0 bridgehead atoms. The second-order valence-corrected chi connectivity index (χ2v) is 5.36. The summed E-state index contributed by atoms with van der Waals surface area (Å²) >= 11 is 0. The van der Waals surface area contributed by atoms with Crippen molar-refractivity contribution in [3.63, 3.8) is 0 Å². The highest BCUT2D eigenvalue weighted by Gasteiger charge is 2.36. The van der Waals surface area contributed by atoms with Gasteiger partial charge in [-0.15, -0.1) is 0 Å². The zero-order chi connectivity index (χ0) is 14.2. The van der Waals surface area contributed by atoms with E-state index in [1.54, 1.807) is 4.68 Å². The number of anilines is 1. The first-order valence-corrected chi connectivity index (χ1v) is 7.16. The van der Waals surface area contributed by atoms with E-state index in [1.807, 2.05) is 18.7 Å². The van der Waals surface area contributed by atoms with Crippen molar-refractivity contribution in [3.8, 4) is 0 Å². The molecule has 0 aromatic carbocycles. The molecule has 2 N–H and O–H groups in total. The molecule has 5 heteroatoms. The molecule has 0 saturated carbocycles. The first-order chi connectivity index (χ1) is 9.01. The summed E-state index contributed by atoms with van der Waals surface area (Å²) < 4.78 is 1.73. The minimum atomic E-state index is 0.0387. The maximum Gasteiger partial charge on any atom is 0.274 e. The predicted molar refractivity (Wildman–Crippen MR) is 76.0 cm³/mol. The molecule has 1 fully saturated rings. The molecule has 1 amide bonds.